The van der Waals surface area contributed by atoms with Gasteiger partial charge in [-0.3, -0.25) is 0 Å². The molecule has 3 rings (SSSR count). The SMILES string of the molecule is CCCOc1c(Cl)cc(CNc2ccc3c(c2)OCCO3)cc1OCC. The number of fused-ring (bicyclic) bond motifs is 1. The number of rotatable bonds is 8. The van der Waals surface area contributed by atoms with Crippen molar-refractivity contribution in [2.45, 2.75) is 26.8 Å². The highest BCUT2D eigenvalue weighted by Gasteiger charge is 2.14. The molecule has 0 aliphatic carbocycles. The van der Waals surface area contributed by atoms with Crippen LogP contribution in [0.5, 0.6) is 23.0 Å². The summed E-state index contributed by atoms with van der Waals surface area (Å²) in [6.07, 6.45) is 0.912. The Hall–Kier alpha value is -2.27. The molecule has 26 heavy (non-hydrogen) atoms. The lowest BCUT2D eigenvalue weighted by molar-refractivity contribution is 0.171. The minimum Gasteiger partial charge on any atom is -0.490 e. The number of nitrogens with one attached hydrogen (secondary N) is 1. The third kappa shape index (κ3) is 4.47. The minimum absolute atomic E-state index is 0.553. The second-order valence-electron chi connectivity index (χ2n) is 5.90. The Morgan fingerprint density at radius 3 is 2.62 bits per heavy atom. The zero-order chi connectivity index (χ0) is 18.4. The molecule has 0 fully saturated rings. The lowest BCUT2D eigenvalue weighted by Crippen LogP contribution is -2.15. The molecule has 0 saturated carbocycles. The van der Waals surface area contributed by atoms with Crippen molar-refractivity contribution >= 4 is 17.3 Å². The molecule has 1 aliphatic heterocycles. The highest BCUT2D eigenvalue weighted by Crippen LogP contribution is 2.37. The molecule has 140 valence electrons. The molecule has 5 nitrogen and oxygen atoms in total. The van der Waals surface area contributed by atoms with Crippen molar-refractivity contribution in [3.8, 4) is 23.0 Å². The fourth-order valence-electron chi connectivity index (χ4n) is 2.69. The van der Waals surface area contributed by atoms with Crippen LogP contribution in [0.15, 0.2) is 30.3 Å². The highest BCUT2D eigenvalue weighted by molar-refractivity contribution is 6.32. The lowest BCUT2D eigenvalue weighted by atomic mass is 10.2. The highest BCUT2D eigenvalue weighted by atomic mass is 35.5. The van der Waals surface area contributed by atoms with Crippen LogP contribution in [0.2, 0.25) is 5.02 Å². The van der Waals surface area contributed by atoms with E-state index in [2.05, 4.69) is 12.2 Å². The largest absolute Gasteiger partial charge is 0.490 e. The Morgan fingerprint density at radius 2 is 1.85 bits per heavy atom. The van der Waals surface area contributed by atoms with Gasteiger partial charge in [0.05, 0.1) is 18.2 Å². The van der Waals surface area contributed by atoms with E-state index >= 15 is 0 Å². The van der Waals surface area contributed by atoms with Crippen LogP contribution in [-0.4, -0.2) is 26.4 Å². The maximum absolute atomic E-state index is 6.41. The van der Waals surface area contributed by atoms with Gasteiger partial charge in [-0.2, -0.15) is 0 Å². The summed E-state index contributed by atoms with van der Waals surface area (Å²) in [6, 6.07) is 9.69. The van der Waals surface area contributed by atoms with Gasteiger partial charge in [0, 0.05) is 18.3 Å². The molecule has 0 bridgehead atoms. The maximum Gasteiger partial charge on any atom is 0.179 e. The zero-order valence-electron chi connectivity index (χ0n) is 15.1. The third-order valence-electron chi connectivity index (χ3n) is 3.86. The molecular formula is C20H24ClNO4. The van der Waals surface area contributed by atoms with Crippen molar-refractivity contribution in [2.75, 3.05) is 31.7 Å². The Balaban J connectivity index is 1.73. The van der Waals surface area contributed by atoms with Gasteiger partial charge in [-0.05, 0) is 43.2 Å². The van der Waals surface area contributed by atoms with Gasteiger partial charge in [0.25, 0.3) is 0 Å². The summed E-state index contributed by atoms with van der Waals surface area (Å²) in [7, 11) is 0. The van der Waals surface area contributed by atoms with Crippen LogP contribution in [0.4, 0.5) is 5.69 Å². The Bertz CT molecular complexity index is 751. The van der Waals surface area contributed by atoms with E-state index in [1.165, 1.54) is 0 Å². The van der Waals surface area contributed by atoms with Crippen molar-refractivity contribution in [3.05, 3.63) is 40.9 Å². The van der Waals surface area contributed by atoms with Gasteiger partial charge >= 0.3 is 0 Å². The van der Waals surface area contributed by atoms with Gasteiger partial charge in [-0.25, -0.2) is 0 Å². The van der Waals surface area contributed by atoms with Crippen LogP contribution in [0.1, 0.15) is 25.8 Å². The molecular weight excluding hydrogens is 354 g/mol. The van der Waals surface area contributed by atoms with Gasteiger partial charge in [0.2, 0.25) is 0 Å². The maximum atomic E-state index is 6.41. The van der Waals surface area contributed by atoms with Crippen LogP contribution >= 0.6 is 11.6 Å². The van der Waals surface area contributed by atoms with Crippen LogP contribution in [0, 0.1) is 0 Å². The second-order valence-corrected chi connectivity index (χ2v) is 6.31. The van der Waals surface area contributed by atoms with Crippen molar-refractivity contribution in [1.29, 1.82) is 0 Å². The first-order valence-corrected chi connectivity index (χ1v) is 9.30. The van der Waals surface area contributed by atoms with E-state index in [0.717, 1.165) is 29.2 Å². The fourth-order valence-corrected chi connectivity index (χ4v) is 2.98. The quantitative estimate of drug-likeness (QED) is 0.708. The molecule has 0 radical (unpaired) electrons. The number of benzene rings is 2. The standard InChI is InChI=1S/C20H24ClNO4/c1-3-7-26-20-16(21)10-14(11-19(20)23-4-2)13-22-15-5-6-17-18(12-15)25-9-8-24-17/h5-6,10-12,22H,3-4,7-9,13H2,1-2H3. The summed E-state index contributed by atoms with van der Waals surface area (Å²) in [4.78, 5) is 0. The summed E-state index contributed by atoms with van der Waals surface area (Å²) >= 11 is 6.41. The van der Waals surface area contributed by atoms with E-state index in [-0.39, 0.29) is 0 Å². The topological polar surface area (TPSA) is 49.0 Å². The second kappa shape index (κ2) is 8.90. The van der Waals surface area contributed by atoms with Gasteiger partial charge in [0.1, 0.15) is 13.2 Å². The van der Waals surface area contributed by atoms with E-state index in [0.29, 0.717) is 49.5 Å². The molecule has 0 aromatic heterocycles. The van der Waals surface area contributed by atoms with Crippen molar-refractivity contribution < 1.29 is 18.9 Å². The summed E-state index contributed by atoms with van der Waals surface area (Å²) < 4.78 is 22.6. The molecule has 0 amide bonds. The zero-order valence-corrected chi connectivity index (χ0v) is 15.9. The smallest absolute Gasteiger partial charge is 0.179 e. The van der Waals surface area contributed by atoms with Crippen molar-refractivity contribution in [1.82, 2.24) is 0 Å². The first-order valence-electron chi connectivity index (χ1n) is 8.92. The summed E-state index contributed by atoms with van der Waals surface area (Å²) in [5, 5.41) is 3.94. The normalized spacial score (nSPS) is 12.6. The van der Waals surface area contributed by atoms with Crippen LogP contribution < -0.4 is 24.3 Å². The van der Waals surface area contributed by atoms with E-state index in [4.69, 9.17) is 30.5 Å². The monoisotopic (exact) mass is 377 g/mol. The molecule has 0 spiro atoms. The third-order valence-corrected chi connectivity index (χ3v) is 4.14. The van der Waals surface area contributed by atoms with E-state index in [1.807, 2.05) is 37.3 Å². The molecule has 0 unspecified atom stereocenters. The summed E-state index contributed by atoms with van der Waals surface area (Å²) in [6.45, 7) is 6.92. The summed E-state index contributed by atoms with van der Waals surface area (Å²) in [5.74, 6) is 2.82. The van der Waals surface area contributed by atoms with Gasteiger partial charge in [0.15, 0.2) is 23.0 Å². The van der Waals surface area contributed by atoms with Crippen LogP contribution in [-0.2, 0) is 6.54 Å². The van der Waals surface area contributed by atoms with Gasteiger partial charge in [-0.15, -0.1) is 0 Å². The van der Waals surface area contributed by atoms with Crippen molar-refractivity contribution in [2.24, 2.45) is 0 Å². The Morgan fingerprint density at radius 1 is 1.04 bits per heavy atom. The van der Waals surface area contributed by atoms with E-state index in [9.17, 15) is 0 Å². The molecule has 0 atom stereocenters. The molecule has 2 aromatic carbocycles. The van der Waals surface area contributed by atoms with Gasteiger partial charge < -0.3 is 24.3 Å². The fraction of sp³-hybridized carbons (Fsp3) is 0.400. The lowest BCUT2D eigenvalue weighted by Gasteiger charge is -2.19. The van der Waals surface area contributed by atoms with Crippen LogP contribution in [0.25, 0.3) is 0 Å². The predicted octanol–water partition coefficient (Wildman–Crippen LogP) is 4.91. The van der Waals surface area contributed by atoms with E-state index in [1.54, 1.807) is 0 Å². The Kier molecular flexibility index (Phi) is 6.34. The number of ether oxygens (including phenoxy) is 4. The number of hydrogen-bond donors (Lipinski definition) is 1. The molecule has 1 N–H and O–H groups in total. The molecule has 1 heterocycles. The van der Waals surface area contributed by atoms with E-state index < -0.39 is 0 Å². The molecule has 0 saturated heterocycles. The summed E-state index contributed by atoms with van der Waals surface area (Å²) in [5.41, 5.74) is 1.96. The molecule has 6 heteroatoms. The number of halogens is 1. The first-order chi connectivity index (χ1) is 12.7. The predicted molar refractivity (Wildman–Crippen MR) is 103 cm³/mol. The first kappa shape index (κ1) is 18.5. The number of hydrogen-bond acceptors (Lipinski definition) is 5. The molecule has 2 aromatic rings. The average molecular weight is 378 g/mol. The van der Waals surface area contributed by atoms with Crippen LogP contribution in [0.3, 0.4) is 0 Å². The van der Waals surface area contributed by atoms with Crippen molar-refractivity contribution in [3.63, 3.8) is 0 Å². The average Bonchev–Trinajstić information content (AvgIpc) is 2.66. The number of anilines is 1. The Labute approximate surface area is 159 Å². The molecule has 1 aliphatic rings. The van der Waals surface area contributed by atoms with Gasteiger partial charge in [-0.1, -0.05) is 18.5 Å². The minimum atomic E-state index is 0.553.